The van der Waals surface area contributed by atoms with Crippen LogP contribution in [0.15, 0.2) is 43.0 Å². The molecule has 1 saturated carbocycles. The number of hydrogen-bond donors (Lipinski definition) is 1. The third-order valence-electron chi connectivity index (χ3n) is 8.18. The monoisotopic (exact) mass is 534 g/mol. The zero-order valence-corrected chi connectivity index (χ0v) is 23.0. The van der Waals surface area contributed by atoms with Crippen molar-refractivity contribution in [3.8, 4) is 0 Å². The number of sulfonamides is 1. The van der Waals surface area contributed by atoms with E-state index < -0.39 is 21.3 Å². The van der Waals surface area contributed by atoms with E-state index in [1.165, 1.54) is 32.1 Å². The van der Waals surface area contributed by atoms with E-state index in [0.29, 0.717) is 30.5 Å². The molecule has 1 aromatic carbocycles. The summed E-state index contributed by atoms with van der Waals surface area (Å²) in [6, 6.07) is 6.40. The zero-order valence-electron chi connectivity index (χ0n) is 21.4. The number of imidazole rings is 1. The molecular formula is C27H39ClN4O3S. The summed E-state index contributed by atoms with van der Waals surface area (Å²) in [5, 5.41) is -0.00846. The minimum atomic E-state index is -3.62. The van der Waals surface area contributed by atoms with Crippen molar-refractivity contribution in [3.63, 3.8) is 0 Å². The molecule has 1 amide bonds. The van der Waals surface area contributed by atoms with Gasteiger partial charge in [-0.25, -0.2) is 18.1 Å². The first-order valence-electron chi connectivity index (χ1n) is 13.2. The number of aromatic nitrogens is 2. The number of likely N-dealkylation sites (tertiary alicyclic amines) is 1. The number of carbonyl (C=O) groups is 1. The van der Waals surface area contributed by atoms with Crippen LogP contribution in [0.25, 0.3) is 0 Å². The number of halogens is 1. The lowest BCUT2D eigenvalue weighted by atomic mass is 9.63. The molecule has 0 radical (unpaired) electrons. The summed E-state index contributed by atoms with van der Waals surface area (Å²) >= 11 is 6.03. The number of amides is 1. The Labute approximate surface area is 220 Å². The van der Waals surface area contributed by atoms with E-state index >= 15 is 0 Å². The van der Waals surface area contributed by atoms with Crippen LogP contribution in [0.5, 0.6) is 0 Å². The molecule has 0 spiro atoms. The highest BCUT2D eigenvalue weighted by Crippen LogP contribution is 2.47. The lowest BCUT2D eigenvalue weighted by Gasteiger charge is -2.48. The van der Waals surface area contributed by atoms with Gasteiger partial charge in [-0.3, -0.25) is 4.79 Å². The number of piperidine rings is 1. The Balaban J connectivity index is 1.51. The number of nitrogens with zero attached hydrogens (tertiary/aromatic N) is 3. The smallest absolute Gasteiger partial charge is 0.241 e. The predicted molar refractivity (Wildman–Crippen MR) is 143 cm³/mol. The Morgan fingerprint density at radius 1 is 1.14 bits per heavy atom. The molecule has 2 aromatic rings. The van der Waals surface area contributed by atoms with Crippen LogP contribution in [0, 0.1) is 11.3 Å². The van der Waals surface area contributed by atoms with Crippen LogP contribution in [0.1, 0.15) is 64.4 Å². The molecule has 36 heavy (non-hydrogen) atoms. The summed E-state index contributed by atoms with van der Waals surface area (Å²) in [5.74, 6) is 0.504. The minimum absolute atomic E-state index is 0.140. The maximum Gasteiger partial charge on any atom is 0.241 e. The number of hydrogen-bond acceptors (Lipinski definition) is 4. The molecule has 7 nitrogen and oxygen atoms in total. The molecule has 2 fully saturated rings. The van der Waals surface area contributed by atoms with Crippen molar-refractivity contribution in [2.45, 2.75) is 83.1 Å². The van der Waals surface area contributed by atoms with Crippen molar-refractivity contribution in [2.75, 3.05) is 13.1 Å². The Morgan fingerprint density at radius 2 is 1.81 bits per heavy atom. The molecule has 1 aliphatic carbocycles. The van der Waals surface area contributed by atoms with E-state index in [1.54, 1.807) is 26.0 Å². The lowest BCUT2D eigenvalue weighted by molar-refractivity contribution is -0.136. The Kier molecular flexibility index (Phi) is 8.79. The van der Waals surface area contributed by atoms with Gasteiger partial charge < -0.3 is 9.47 Å². The largest absolute Gasteiger partial charge is 0.341 e. The van der Waals surface area contributed by atoms with Crippen LogP contribution in [0.2, 0.25) is 5.02 Å². The van der Waals surface area contributed by atoms with E-state index in [2.05, 4.69) is 14.3 Å². The van der Waals surface area contributed by atoms with Gasteiger partial charge in [0, 0.05) is 37.1 Å². The summed E-state index contributed by atoms with van der Waals surface area (Å²) in [7, 11) is -3.62. The minimum Gasteiger partial charge on any atom is -0.341 e. The zero-order chi connectivity index (χ0) is 25.8. The normalized spacial score (nSPS) is 19.9. The fourth-order valence-corrected chi connectivity index (χ4v) is 6.90. The fraction of sp³-hybridized carbons (Fsp3) is 0.630. The molecule has 2 aliphatic rings. The van der Waals surface area contributed by atoms with E-state index in [9.17, 15) is 13.2 Å². The SMILES string of the molecule is CC(C)S(=O)(=O)N[C@H](Cc1ccc(Cl)cc1)C(=O)N1CCC(Cn2ccnc2)(C2CCCCC2)CC1. The highest BCUT2D eigenvalue weighted by molar-refractivity contribution is 7.90. The van der Waals surface area contributed by atoms with Crippen LogP contribution < -0.4 is 4.72 Å². The summed E-state index contributed by atoms with van der Waals surface area (Å²) in [4.78, 5) is 19.9. The summed E-state index contributed by atoms with van der Waals surface area (Å²) in [5.41, 5.74) is 1.01. The van der Waals surface area contributed by atoms with E-state index in [0.717, 1.165) is 24.9 Å². The average Bonchev–Trinajstić information content (AvgIpc) is 3.38. The van der Waals surface area contributed by atoms with Gasteiger partial charge in [0.05, 0.1) is 11.6 Å². The molecule has 198 valence electrons. The van der Waals surface area contributed by atoms with Gasteiger partial charge in [-0.2, -0.15) is 0 Å². The van der Waals surface area contributed by atoms with Crippen molar-refractivity contribution in [2.24, 2.45) is 11.3 Å². The highest BCUT2D eigenvalue weighted by Gasteiger charge is 2.43. The third-order valence-corrected chi connectivity index (χ3v) is 10.3. The Hall–Kier alpha value is -1.90. The second-order valence-corrected chi connectivity index (χ2v) is 13.6. The van der Waals surface area contributed by atoms with E-state index in [4.69, 9.17) is 11.6 Å². The van der Waals surface area contributed by atoms with Crippen molar-refractivity contribution in [1.82, 2.24) is 19.2 Å². The Morgan fingerprint density at radius 3 is 2.39 bits per heavy atom. The van der Waals surface area contributed by atoms with Crippen molar-refractivity contribution >= 4 is 27.5 Å². The second-order valence-electron chi connectivity index (χ2n) is 10.9. The van der Waals surface area contributed by atoms with E-state index in [1.807, 2.05) is 35.8 Å². The average molecular weight is 535 g/mol. The summed E-state index contributed by atoms with van der Waals surface area (Å²) in [6.07, 6.45) is 14.2. The Bertz CT molecular complexity index is 1090. The second kappa shape index (κ2) is 11.7. The van der Waals surface area contributed by atoms with Crippen molar-refractivity contribution in [3.05, 3.63) is 53.6 Å². The molecule has 9 heteroatoms. The molecule has 0 bridgehead atoms. The predicted octanol–water partition coefficient (Wildman–Crippen LogP) is 4.66. The first kappa shape index (κ1) is 27.1. The lowest BCUT2D eigenvalue weighted by Crippen LogP contribution is -2.55. The maximum absolute atomic E-state index is 13.7. The van der Waals surface area contributed by atoms with Gasteiger partial charge in [-0.1, -0.05) is 43.0 Å². The van der Waals surface area contributed by atoms with Gasteiger partial charge in [0.25, 0.3) is 0 Å². The van der Waals surface area contributed by atoms with Crippen LogP contribution in [0.4, 0.5) is 0 Å². The molecule has 2 heterocycles. The van der Waals surface area contributed by atoms with Crippen LogP contribution >= 0.6 is 11.6 Å². The van der Waals surface area contributed by atoms with Crippen molar-refractivity contribution < 1.29 is 13.2 Å². The van der Waals surface area contributed by atoms with Gasteiger partial charge in [-0.15, -0.1) is 0 Å². The molecule has 1 aromatic heterocycles. The van der Waals surface area contributed by atoms with Crippen LogP contribution in [0.3, 0.4) is 0 Å². The molecule has 1 aliphatic heterocycles. The number of rotatable bonds is 9. The van der Waals surface area contributed by atoms with Gasteiger partial charge in [0.1, 0.15) is 6.04 Å². The molecule has 1 atom stereocenters. The molecule has 1 N–H and O–H groups in total. The first-order valence-corrected chi connectivity index (χ1v) is 15.1. The maximum atomic E-state index is 13.7. The van der Waals surface area contributed by atoms with Crippen LogP contribution in [-0.4, -0.2) is 53.2 Å². The molecular weight excluding hydrogens is 496 g/mol. The molecule has 4 rings (SSSR count). The van der Waals surface area contributed by atoms with Gasteiger partial charge in [0.15, 0.2) is 0 Å². The number of nitrogens with one attached hydrogen (secondary N) is 1. The van der Waals surface area contributed by atoms with Gasteiger partial charge >= 0.3 is 0 Å². The quantitative estimate of drug-likeness (QED) is 0.507. The third kappa shape index (κ3) is 6.50. The van der Waals surface area contributed by atoms with Gasteiger partial charge in [-0.05, 0) is 75.0 Å². The highest BCUT2D eigenvalue weighted by atomic mass is 35.5. The van der Waals surface area contributed by atoms with E-state index in [-0.39, 0.29) is 11.3 Å². The first-order chi connectivity index (χ1) is 17.2. The molecule has 0 unspecified atom stereocenters. The number of carbonyl (C=O) groups excluding carboxylic acids is 1. The van der Waals surface area contributed by atoms with Gasteiger partial charge in [0.2, 0.25) is 15.9 Å². The summed E-state index contributed by atoms with van der Waals surface area (Å²) < 4.78 is 30.4. The molecule has 1 saturated heterocycles. The topological polar surface area (TPSA) is 84.3 Å². The van der Waals surface area contributed by atoms with Crippen molar-refractivity contribution in [1.29, 1.82) is 0 Å². The number of benzene rings is 1. The van der Waals surface area contributed by atoms with Crippen LogP contribution in [-0.2, 0) is 27.8 Å². The standard InChI is InChI=1S/C27H39ClN4O3S/c1-21(2)36(34,35)30-25(18-22-8-10-24(28)11-9-22)26(33)32-15-12-27(13-16-32,19-31-17-14-29-20-31)23-6-4-3-5-7-23/h8-11,14,17,20-21,23,25,30H,3-7,12-13,15-16,18-19H2,1-2H3/t25-/m1/s1. The summed E-state index contributed by atoms with van der Waals surface area (Å²) in [6.45, 7) is 5.46. The fourth-order valence-electron chi connectivity index (χ4n) is 5.92.